The van der Waals surface area contributed by atoms with Crippen LogP contribution in [0.2, 0.25) is 0 Å². The zero-order valence-corrected chi connectivity index (χ0v) is 43.0. The molecule has 0 aromatic carbocycles. The van der Waals surface area contributed by atoms with Crippen molar-refractivity contribution in [2.75, 3.05) is 79.1 Å². The maximum absolute atomic E-state index is 13.1. The van der Waals surface area contributed by atoms with Crippen LogP contribution in [0, 0.1) is 11.3 Å². The summed E-state index contributed by atoms with van der Waals surface area (Å²) in [6.07, 6.45) is 23.5. The fourth-order valence-corrected chi connectivity index (χ4v) is 6.49. The molecule has 0 bridgehead atoms. The molecule has 1 atom stereocenters. The van der Waals surface area contributed by atoms with Crippen molar-refractivity contribution in [3.05, 3.63) is 36.5 Å². The highest BCUT2D eigenvalue weighted by Gasteiger charge is 2.37. The van der Waals surface area contributed by atoms with Gasteiger partial charge < -0.3 is 47.6 Å². The molecule has 0 saturated carbocycles. The summed E-state index contributed by atoms with van der Waals surface area (Å²) in [5, 5.41) is 0. The summed E-state index contributed by atoms with van der Waals surface area (Å²) in [6, 6.07) is 0. The Labute approximate surface area is 413 Å². The number of allylic oxidation sites excluding steroid dienone is 6. The van der Waals surface area contributed by atoms with Gasteiger partial charge >= 0.3 is 36.0 Å². The molecule has 0 saturated heterocycles. The Morgan fingerprint density at radius 3 is 1.28 bits per heavy atom. The highest BCUT2D eigenvalue weighted by Crippen LogP contribution is 2.23. The third-order valence-corrected chi connectivity index (χ3v) is 10.8. The van der Waals surface area contributed by atoms with E-state index in [1.54, 1.807) is 0 Å². The quantitative estimate of drug-likeness (QED) is 0.0183. The Morgan fingerprint density at radius 1 is 0.449 bits per heavy atom. The molecule has 0 aliphatic heterocycles. The summed E-state index contributed by atoms with van der Waals surface area (Å²) in [5.41, 5.74) is -1.49. The number of hydrogen-bond donors (Lipinski definition) is 0. The summed E-state index contributed by atoms with van der Waals surface area (Å²) in [6.45, 7) is 11.8. The molecular formula is C53H89NO15. The molecule has 0 spiro atoms. The fourth-order valence-electron chi connectivity index (χ4n) is 6.49. The first-order valence-electron chi connectivity index (χ1n) is 25.8. The SMILES string of the molecule is CC/C=C\CCCCOC(=O)CCCC(=O)OCC(COCC(C=O)CCC(=O)OCCCC/C=C\CC)(COC(=O)CCCC(=O)OCCCC/C=C\CC)COC(=O)OCCCN(CC)CC. The molecule has 16 nitrogen and oxygen atoms in total. The van der Waals surface area contributed by atoms with Crippen LogP contribution in [0.4, 0.5) is 4.79 Å². The van der Waals surface area contributed by atoms with Gasteiger partial charge in [-0.1, -0.05) is 71.1 Å². The van der Waals surface area contributed by atoms with Gasteiger partial charge in [-0.3, -0.25) is 24.0 Å². The number of carbonyl (C=O) groups excluding carboxylic acids is 7. The number of hydrogen-bond acceptors (Lipinski definition) is 16. The third-order valence-electron chi connectivity index (χ3n) is 10.8. The molecule has 0 rings (SSSR count). The van der Waals surface area contributed by atoms with Crippen molar-refractivity contribution in [3.63, 3.8) is 0 Å². The van der Waals surface area contributed by atoms with Crippen LogP contribution in [0.25, 0.3) is 0 Å². The molecular weight excluding hydrogens is 891 g/mol. The van der Waals surface area contributed by atoms with Crippen LogP contribution in [0.1, 0.15) is 169 Å². The third kappa shape index (κ3) is 39.9. The number of unbranched alkanes of at least 4 members (excludes halogenated alkanes) is 6. The van der Waals surface area contributed by atoms with Crippen molar-refractivity contribution in [2.45, 2.75) is 169 Å². The summed E-state index contributed by atoms with van der Waals surface area (Å²) < 4.78 is 44.2. The average molecular weight is 980 g/mol. The zero-order valence-electron chi connectivity index (χ0n) is 43.0. The van der Waals surface area contributed by atoms with Crippen LogP contribution in [0.15, 0.2) is 36.5 Å². The molecule has 0 aliphatic rings. The second-order valence-corrected chi connectivity index (χ2v) is 17.0. The van der Waals surface area contributed by atoms with Gasteiger partial charge in [0, 0.05) is 44.6 Å². The van der Waals surface area contributed by atoms with Crippen molar-refractivity contribution < 1.29 is 71.5 Å². The summed E-state index contributed by atoms with van der Waals surface area (Å²) in [4.78, 5) is 90.5. The van der Waals surface area contributed by atoms with E-state index in [9.17, 15) is 33.6 Å². The van der Waals surface area contributed by atoms with Gasteiger partial charge in [-0.2, -0.15) is 0 Å². The number of carbonyl (C=O) groups is 7. The van der Waals surface area contributed by atoms with Gasteiger partial charge in [-0.05, 0) is 116 Å². The summed E-state index contributed by atoms with van der Waals surface area (Å²) in [5.74, 6) is -3.34. The van der Waals surface area contributed by atoms with Gasteiger partial charge in [-0.15, -0.1) is 0 Å². The van der Waals surface area contributed by atoms with Gasteiger partial charge in [0.25, 0.3) is 0 Å². The molecule has 16 heteroatoms. The number of rotatable bonds is 46. The molecule has 0 aromatic heterocycles. The van der Waals surface area contributed by atoms with Crippen LogP contribution in [0.3, 0.4) is 0 Å². The van der Waals surface area contributed by atoms with E-state index < -0.39 is 67.2 Å². The van der Waals surface area contributed by atoms with Gasteiger partial charge in [0.2, 0.25) is 0 Å². The maximum atomic E-state index is 13.1. The van der Waals surface area contributed by atoms with E-state index >= 15 is 0 Å². The summed E-state index contributed by atoms with van der Waals surface area (Å²) in [7, 11) is 0. The average Bonchev–Trinajstić information content (AvgIpc) is 3.34. The first-order chi connectivity index (χ1) is 33.5. The van der Waals surface area contributed by atoms with E-state index in [4.69, 9.17) is 37.9 Å². The minimum atomic E-state index is -1.49. The first kappa shape index (κ1) is 64.4. The lowest BCUT2D eigenvalue weighted by Crippen LogP contribution is -2.44. The topological polar surface area (TPSA) is 197 Å². The van der Waals surface area contributed by atoms with Crippen LogP contribution < -0.4 is 0 Å². The summed E-state index contributed by atoms with van der Waals surface area (Å²) >= 11 is 0. The molecule has 0 aliphatic carbocycles. The van der Waals surface area contributed by atoms with E-state index in [1.165, 1.54) is 0 Å². The van der Waals surface area contributed by atoms with Gasteiger partial charge in [0.05, 0.1) is 45.1 Å². The van der Waals surface area contributed by atoms with E-state index in [0.29, 0.717) is 19.3 Å². The minimum absolute atomic E-state index is 0.00138. The molecule has 396 valence electrons. The standard InChI is InChI=1S/C53H89NO15/c1-6-11-14-17-20-23-36-63-47(56)29-26-31-49(58)67-43-53(45-69-52(61)66-39-28-35-54(9-4)10-5,44-68-50(59)32-27-30-48(57)64-37-24-21-18-15-12-7-2)42-62-41-46(40-55)33-34-51(60)65-38-25-22-19-16-13-8-3/h11-16,40,46H,6-10,17-39,41-45H2,1-5H3/b14-11-,15-12-,16-13-. The lowest BCUT2D eigenvalue weighted by Gasteiger charge is -2.32. The maximum Gasteiger partial charge on any atom is 0.508 e. The molecule has 0 N–H and O–H groups in total. The Bertz CT molecular complexity index is 1400. The number of esters is 5. The Hall–Kier alpha value is -4.57. The first-order valence-corrected chi connectivity index (χ1v) is 25.8. The zero-order chi connectivity index (χ0) is 51.1. The van der Waals surface area contributed by atoms with E-state index in [2.05, 4.69) is 62.1 Å². The number of aldehydes is 1. The Balaban J connectivity index is 5.84. The molecule has 0 amide bonds. The van der Waals surface area contributed by atoms with Crippen LogP contribution >= 0.6 is 0 Å². The minimum Gasteiger partial charge on any atom is -0.466 e. The van der Waals surface area contributed by atoms with Crippen molar-refractivity contribution in [1.29, 1.82) is 0 Å². The van der Waals surface area contributed by atoms with Crippen LogP contribution in [-0.4, -0.2) is 126 Å². The van der Waals surface area contributed by atoms with Gasteiger partial charge in [-0.25, -0.2) is 4.79 Å². The Morgan fingerprint density at radius 2 is 0.855 bits per heavy atom. The second-order valence-electron chi connectivity index (χ2n) is 17.0. The van der Waals surface area contributed by atoms with Gasteiger partial charge in [0.15, 0.2) is 0 Å². The number of ether oxygens (including phenoxy) is 8. The van der Waals surface area contributed by atoms with Gasteiger partial charge in [0.1, 0.15) is 26.1 Å². The smallest absolute Gasteiger partial charge is 0.466 e. The Kier molecular flexibility index (Phi) is 42.8. The predicted molar refractivity (Wildman–Crippen MR) is 264 cm³/mol. The van der Waals surface area contributed by atoms with Crippen LogP contribution in [-0.2, 0) is 66.7 Å². The molecule has 0 aromatic rings. The monoisotopic (exact) mass is 980 g/mol. The molecule has 1 unspecified atom stereocenters. The lowest BCUT2D eigenvalue weighted by atomic mass is 9.92. The van der Waals surface area contributed by atoms with E-state index in [0.717, 1.165) is 90.1 Å². The highest BCUT2D eigenvalue weighted by atomic mass is 16.7. The fraction of sp³-hybridized carbons (Fsp3) is 0.755. The highest BCUT2D eigenvalue weighted by molar-refractivity contribution is 5.73. The largest absolute Gasteiger partial charge is 0.508 e. The van der Waals surface area contributed by atoms with Crippen LogP contribution in [0.5, 0.6) is 0 Å². The number of nitrogens with zero attached hydrogens (tertiary/aromatic N) is 1. The molecule has 0 radical (unpaired) electrons. The van der Waals surface area contributed by atoms with Crippen molar-refractivity contribution >= 4 is 42.3 Å². The normalized spacial score (nSPS) is 12.1. The van der Waals surface area contributed by atoms with Crippen molar-refractivity contribution in [1.82, 2.24) is 4.90 Å². The molecule has 0 heterocycles. The molecule has 0 fully saturated rings. The van der Waals surface area contributed by atoms with E-state index in [-0.39, 0.29) is 91.0 Å². The van der Waals surface area contributed by atoms with E-state index in [1.807, 2.05) is 13.8 Å². The van der Waals surface area contributed by atoms with Crippen molar-refractivity contribution in [3.8, 4) is 0 Å². The lowest BCUT2D eigenvalue weighted by molar-refractivity contribution is -0.161. The van der Waals surface area contributed by atoms with Crippen molar-refractivity contribution in [2.24, 2.45) is 11.3 Å². The predicted octanol–water partition coefficient (Wildman–Crippen LogP) is 9.94. The second kappa shape index (κ2) is 45.8. The molecule has 69 heavy (non-hydrogen) atoms.